The Morgan fingerprint density at radius 2 is 2.25 bits per heavy atom. The van der Waals surface area contributed by atoms with Gasteiger partial charge in [-0.25, -0.2) is 0 Å². The first kappa shape index (κ1) is 15.2. The highest BCUT2D eigenvalue weighted by Gasteiger charge is 2.07. The Labute approximate surface area is 106 Å². The molecule has 0 aromatic carbocycles. The zero-order valence-electron chi connectivity index (χ0n) is 9.41. The first-order valence-corrected chi connectivity index (χ1v) is 5.73. The molecule has 0 spiro atoms. The Kier molecular flexibility index (Phi) is 7.97. The molecule has 1 aromatic rings. The van der Waals surface area contributed by atoms with E-state index >= 15 is 0 Å². The predicted molar refractivity (Wildman–Crippen MR) is 69.9 cm³/mol. The summed E-state index contributed by atoms with van der Waals surface area (Å²) in [6.07, 6.45) is 0. The van der Waals surface area contributed by atoms with Crippen LogP contribution in [0.5, 0.6) is 0 Å². The van der Waals surface area contributed by atoms with Gasteiger partial charge >= 0.3 is 0 Å². The lowest BCUT2D eigenvalue weighted by molar-refractivity contribution is 0.0926. The van der Waals surface area contributed by atoms with Crippen LogP contribution >= 0.6 is 23.7 Å². The van der Waals surface area contributed by atoms with Gasteiger partial charge in [-0.05, 0) is 19.1 Å². The molecule has 4 nitrogen and oxygen atoms in total. The number of amides is 1. The van der Waals surface area contributed by atoms with E-state index in [4.69, 9.17) is 4.74 Å². The van der Waals surface area contributed by atoms with Crippen molar-refractivity contribution in [3.8, 4) is 0 Å². The van der Waals surface area contributed by atoms with Gasteiger partial charge in [0.15, 0.2) is 0 Å². The van der Waals surface area contributed by atoms with Crippen molar-refractivity contribution < 1.29 is 9.53 Å². The Morgan fingerprint density at radius 3 is 2.81 bits per heavy atom. The van der Waals surface area contributed by atoms with E-state index < -0.39 is 0 Å². The van der Waals surface area contributed by atoms with Crippen molar-refractivity contribution in [3.05, 3.63) is 17.0 Å². The average Bonchev–Trinajstić information content (AvgIpc) is 2.72. The van der Waals surface area contributed by atoms with Crippen molar-refractivity contribution in [2.45, 2.75) is 6.92 Å². The smallest absolute Gasteiger partial charge is 0.261 e. The Balaban J connectivity index is 0.00000225. The summed E-state index contributed by atoms with van der Waals surface area (Å²) in [6.45, 7) is 3.73. The molecule has 0 bridgehead atoms. The molecule has 1 heterocycles. The lowest BCUT2D eigenvalue weighted by Gasteiger charge is -2.02. The summed E-state index contributed by atoms with van der Waals surface area (Å²) < 4.78 is 5.12. The van der Waals surface area contributed by atoms with Crippen molar-refractivity contribution in [3.63, 3.8) is 0 Å². The minimum atomic E-state index is -0.0406. The summed E-state index contributed by atoms with van der Waals surface area (Å²) in [5, 5.41) is 6.77. The number of ether oxygens (including phenoxy) is 1. The molecule has 2 N–H and O–H groups in total. The van der Waals surface area contributed by atoms with Crippen molar-refractivity contribution in [2.24, 2.45) is 0 Å². The summed E-state index contributed by atoms with van der Waals surface area (Å²) in [4.78, 5) is 12.3. The first-order valence-electron chi connectivity index (χ1n) is 4.91. The Morgan fingerprint density at radius 1 is 1.50 bits per heavy atom. The second kappa shape index (κ2) is 8.38. The van der Waals surface area contributed by atoms with Gasteiger partial charge in [-0.3, -0.25) is 4.79 Å². The molecule has 0 saturated carbocycles. The standard InChI is InChI=1S/C10H16N2O2S.ClH/c1-3-14-7-6-12-10(13)8-4-5-9(11-2)15-8;/h4-5,11H,3,6-7H2,1-2H3,(H,12,13);1H. The fourth-order valence-electron chi connectivity index (χ4n) is 1.06. The summed E-state index contributed by atoms with van der Waals surface area (Å²) in [6, 6.07) is 3.70. The number of thiophene rings is 1. The highest BCUT2D eigenvalue weighted by Crippen LogP contribution is 2.20. The number of hydrogen-bond acceptors (Lipinski definition) is 4. The Bertz CT molecular complexity index is 318. The highest BCUT2D eigenvalue weighted by molar-refractivity contribution is 7.17. The molecule has 1 rings (SSSR count). The van der Waals surface area contributed by atoms with E-state index in [1.54, 1.807) is 0 Å². The number of carbonyl (C=O) groups excluding carboxylic acids is 1. The SMILES string of the molecule is CCOCCNC(=O)c1ccc(NC)s1.Cl. The molecule has 0 aliphatic rings. The van der Waals surface area contributed by atoms with Crippen LogP contribution in [0.15, 0.2) is 12.1 Å². The van der Waals surface area contributed by atoms with Crippen LogP contribution in [0.25, 0.3) is 0 Å². The molecular weight excluding hydrogens is 248 g/mol. The van der Waals surface area contributed by atoms with E-state index in [9.17, 15) is 4.79 Å². The molecule has 16 heavy (non-hydrogen) atoms. The second-order valence-electron chi connectivity index (χ2n) is 2.87. The van der Waals surface area contributed by atoms with Gasteiger partial charge in [0.1, 0.15) is 0 Å². The van der Waals surface area contributed by atoms with Crippen LogP contribution in [0.4, 0.5) is 5.00 Å². The van der Waals surface area contributed by atoms with E-state index in [-0.39, 0.29) is 18.3 Å². The third kappa shape index (κ3) is 4.83. The molecule has 0 radical (unpaired) electrons. The summed E-state index contributed by atoms with van der Waals surface area (Å²) in [5.41, 5.74) is 0. The number of nitrogens with one attached hydrogen (secondary N) is 2. The van der Waals surface area contributed by atoms with Crippen LogP contribution in [0.1, 0.15) is 16.6 Å². The monoisotopic (exact) mass is 264 g/mol. The van der Waals surface area contributed by atoms with Gasteiger partial charge in [-0.1, -0.05) is 0 Å². The number of halogens is 1. The topological polar surface area (TPSA) is 50.4 Å². The minimum absolute atomic E-state index is 0. The molecule has 0 aliphatic carbocycles. The zero-order chi connectivity index (χ0) is 11.1. The fourth-order valence-corrected chi connectivity index (χ4v) is 1.84. The van der Waals surface area contributed by atoms with E-state index in [1.807, 2.05) is 26.1 Å². The first-order chi connectivity index (χ1) is 7.27. The van der Waals surface area contributed by atoms with E-state index in [0.29, 0.717) is 19.8 Å². The Hall–Kier alpha value is -0.780. The zero-order valence-corrected chi connectivity index (χ0v) is 11.0. The van der Waals surface area contributed by atoms with Gasteiger partial charge in [0, 0.05) is 20.2 Å². The van der Waals surface area contributed by atoms with E-state index in [2.05, 4.69) is 10.6 Å². The van der Waals surface area contributed by atoms with Gasteiger partial charge < -0.3 is 15.4 Å². The molecule has 1 aromatic heterocycles. The van der Waals surface area contributed by atoms with Gasteiger partial charge in [0.25, 0.3) is 5.91 Å². The third-order valence-corrected chi connectivity index (χ3v) is 2.91. The second-order valence-corrected chi connectivity index (χ2v) is 3.95. The number of hydrogen-bond donors (Lipinski definition) is 2. The van der Waals surface area contributed by atoms with Crippen LogP contribution in [0.2, 0.25) is 0 Å². The minimum Gasteiger partial charge on any atom is -0.380 e. The van der Waals surface area contributed by atoms with Crippen molar-refractivity contribution in [2.75, 3.05) is 32.1 Å². The van der Waals surface area contributed by atoms with Crippen molar-refractivity contribution in [1.82, 2.24) is 5.32 Å². The van der Waals surface area contributed by atoms with Crippen LogP contribution in [-0.2, 0) is 4.74 Å². The maximum absolute atomic E-state index is 11.6. The van der Waals surface area contributed by atoms with Crippen LogP contribution in [0, 0.1) is 0 Å². The highest BCUT2D eigenvalue weighted by atomic mass is 35.5. The molecule has 92 valence electrons. The van der Waals surface area contributed by atoms with Crippen molar-refractivity contribution >= 4 is 34.7 Å². The summed E-state index contributed by atoms with van der Waals surface area (Å²) in [7, 11) is 1.84. The average molecular weight is 265 g/mol. The lowest BCUT2D eigenvalue weighted by atomic mass is 10.4. The molecule has 1 amide bonds. The van der Waals surface area contributed by atoms with E-state index in [1.165, 1.54) is 11.3 Å². The lowest BCUT2D eigenvalue weighted by Crippen LogP contribution is -2.26. The quantitative estimate of drug-likeness (QED) is 0.773. The molecule has 0 atom stereocenters. The van der Waals surface area contributed by atoms with E-state index in [0.717, 1.165) is 9.88 Å². The normalized spacial score (nSPS) is 9.38. The van der Waals surface area contributed by atoms with Gasteiger partial charge in [-0.15, -0.1) is 23.7 Å². The van der Waals surface area contributed by atoms with Gasteiger partial charge in [-0.2, -0.15) is 0 Å². The number of rotatable bonds is 6. The fraction of sp³-hybridized carbons (Fsp3) is 0.500. The molecule has 0 unspecified atom stereocenters. The summed E-state index contributed by atoms with van der Waals surface area (Å²) in [5.74, 6) is -0.0406. The largest absolute Gasteiger partial charge is 0.380 e. The van der Waals surface area contributed by atoms with Crippen LogP contribution in [-0.4, -0.2) is 32.7 Å². The molecule has 0 fully saturated rings. The maximum atomic E-state index is 11.6. The van der Waals surface area contributed by atoms with Gasteiger partial charge in [0.05, 0.1) is 16.5 Å². The molecule has 6 heteroatoms. The number of anilines is 1. The molecule has 0 saturated heterocycles. The predicted octanol–water partition coefficient (Wildman–Crippen LogP) is 1.98. The summed E-state index contributed by atoms with van der Waals surface area (Å²) >= 11 is 1.44. The van der Waals surface area contributed by atoms with Gasteiger partial charge in [0.2, 0.25) is 0 Å². The number of carbonyl (C=O) groups is 1. The maximum Gasteiger partial charge on any atom is 0.261 e. The van der Waals surface area contributed by atoms with Crippen LogP contribution < -0.4 is 10.6 Å². The van der Waals surface area contributed by atoms with Crippen molar-refractivity contribution in [1.29, 1.82) is 0 Å². The third-order valence-electron chi connectivity index (χ3n) is 1.81. The molecule has 0 aliphatic heterocycles. The van der Waals surface area contributed by atoms with Crippen LogP contribution in [0.3, 0.4) is 0 Å². The molecular formula is C10H17ClN2O2S.